The van der Waals surface area contributed by atoms with Crippen molar-refractivity contribution >= 4 is 11.7 Å². The Labute approximate surface area is 236 Å². The molecule has 2 aliphatic rings. The standard InChI is InChI=1S/C28H43N7O5/c1-18(17-38-4)40-28-32-22(27(37)30-20-6-5-7-20)16-24(33-28)35-12-10-19(11-13-35)25-23(39-15-14-34(2)3)9-8-21(31-25)26(29)36/h8-9,16,18-20,26,36H,5-7,10-15,17,29H2,1-4H3,(H,30,37)/t18-,26?/m1/s1. The van der Waals surface area contributed by atoms with Crippen molar-refractivity contribution in [3.63, 3.8) is 0 Å². The SMILES string of the molecule is COC[C@@H](C)Oc1nc(C(=O)NC2CCC2)cc(N2CCC(c3nc(C(N)O)ccc3OCCN(C)C)CC2)n1. The predicted molar refractivity (Wildman–Crippen MR) is 151 cm³/mol. The normalized spacial score (nSPS) is 17.8. The second-order valence-electron chi connectivity index (χ2n) is 10.9. The molecular formula is C28H43N7O5. The van der Waals surface area contributed by atoms with Crippen LogP contribution in [0.1, 0.15) is 73.0 Å². The van der Waals surface area contributed by atoms with Crippen LogP contribution in [-0.4, -0.2) is 97.1 Å². The minimum absolute atomic E-state index is 0.116. The fourth-order valence-corrected chi connectivity index (χ4v) is 4.78. The number of carbonyl (C=O) groups excluding carboxylic acids is 1. The van der Waals surface area contributed by atoms with Crippen LogP contribution in [0.3, 0.4) is 0 Å². The van der Waals surface area contributed by atoms with Crippen molar-refractivity contribution in [3.8, 4) is 11.8 Å². The molecule has 4 N–H and O–H groups in total. The number of likely N-dealkylation sites (N-methyl/N-ethyl adjacent to an activating group) is 1. The number of hydrogen-bond donors (Lipinski definition) is 3. The third-order valence-electron chi connectivity index (χ3n) is 7.29. The van der Waals surface area contributed by atoms with E-state index in [0.29, 0.717) is 49.3 Å². The Balaban J connectivity index is 1.50. The second-order valence-corrected chi connectivity index (χ2v) is 10.9. The van der Waals surface area contributed by atoms with Gasteiger partial charge in [0.15, 0.2) is 0 Å². The smallest absolute Gasteiger partial charge is 0.319 e. The third kappa shape index (κ3) is 8.00. The van der Waals surface area contributed by atoms with Crippen LogP contribution in [0.25, 0.3) is 0 Å². The van der Waals surface area contributed by atoms with Gasteiger partial charge >= 0.3 is 6.01 Å². The van der Waals surface area contributed by atoms with Crippen LogP contribution in [0.2, 0.25) is 0 Å². The summed E-state index contributed by atoms with van der Waals surface area (Å²) in [5.74, 6) is 1.26. The Morgan fingerprint density at radius 2 is 1.95 bits per heavy atom. The summed E-state index contributed by atoms with van der Waals surface area (Å²) in [5.41, 5.74) is 7.24. The summed E-state index contributed by atoms with van der Waals surface area (Å²) in [6.45, 7) is 4.93. The molecule has 3 heterocycles. The molecule has 220 valence electrons. The highest BCUT2D eigenvalue weighted by Gasteiger charge is 2.28. The van der Waals surface area contributed by atoms with E-state index >= 15 is 0 Å². The van der Waals surface area contributed by atoms with Gasteiger partial charge in [0.05, 0.1) is 18.0 Å². The van der Waals surface area contributed by atoms with Crippen molar-refractivity contribution in [1.29, 1.82) is 0 Å². The lowest BCUT2D eigenvalue weighted by Gasteiger charge is -2.33. The van der Waals surface area contributed by atoms with Gasteiger partial charge < -0.3 is 40.2 Å². The maximum atomic E-state index is 13.0. The average Bonchev–Trinajstić information content (AvgIpc) is 2.90. The molecule has 4 rings (SSSR count). The van der Waals surface area contributed by atoms with Gasteiger partial charge in [0.1, 0.15) is 36.2 Å². The number of carbonyl (C=O) groups is 1. The molecule has 40 heavy (non-hydrogen) atoms. The molecule has 0 radical (unpaired) electrons. The van der Waals surface area contributed by atoms with Gasteiger partial charge in [0.25, 0.3) is 5.91 Å². The lowest BCUT2D eigenvalue weighted by molar-refractivity contribution is 0.0837. The van der Waals surface area contributed by atoms with E-state index < -0.39 is 6.23 Å². The van der Waals surface area contributed by atoms with Crippen molar-refractivity contribution < 1.29 is 24.1 Å². The molecule has 1 saturated carbocycles. The van der Waals surface area contributed by atoms with E-state index in [9.17, 15) is 9.90 Å². The average molecular weight is 558 g/mol. The zero-order valence-corrected chi connectivity index (χ0v) is 24.0. The lowest BCUT2D eigenvalue weighted by atomic mass is 9.92. The highest BCUT2D eigenvalue weighted by molar-refractivity contribution is 5.93. The van der Waals surface area contributed by atoms with Gasteiger partial charge in [-0.05, 0) is 65.3 Å². The highest BCUT2D eigenvalue weighted by atomic mass is 16.5. The van der Waals surface area contributed by atoms with Crippen LogP contribution >= 0.6 is 0 Å². The first-order valence-corrected chi connectivity index (χ1v) is 14.1. The number of amides is 1. The molecule has 2 fully saturated rings. The molecular weight excluding hydrogens is 514 g/mol. The summed E-state index contributed by atoms with van der Waals surface area (Å²) < 4.78 is 17.2. The summed E-state index contributed by atoms with van der Waals surface area (Å²) in [5, 5.41) is 13.0. The molecule has 1 aliphatic heterocycles. The van der Waals surface area contributed by atoms with E-state index in [1.165, 1.54) is 0 Å². The van der Waals surface area contributed by atoms with Crippen molar-refractivity contribution in [1.82, 2.24) is 25.2 Å². The van der Waals surface area contributed by atoms with Gasteiger partial charge in [-0.15, -0.1) is 0 Å². The first-order valence-electron chi connectivity index (χ1n) is 14.1. The van der Waals surface area contributed by atoms with E-state index in [1.807, 2.05) is 27.1 Å². The van der Waals surface area contributed by atoms with E-state index in [4.69, 9.17) is 24.9 Å². The predicted octanol–water partition coefficient (Wildman–Crippen LogP) is 1.84. The van der Waals surface area contributed by atoms with Crippen LogP contribution in [0.4, 0.5) is 5.82 Å². The number of piperidine rings is 1. The third-order valence-corrected chi connectivity index (χ3v) is 7.29. The number of aliphatic hydroxyl groups is 1. The van der Waals surface area contributed by atoms with E-state index in [1.54, 1.807) is 19.2 Å². The molecule has 1 saturated heterocycles. The molecule has 1 aliphatic carbocycles. The minimum atomic E-state index is -1.15. The van der Waals surface area contributed by atoms with E-state index in [0.717, 1.165) is 44.3 Å². The van der Waals surface area contributed by atoms with E-state index in [2.05, 4.69) is 25.1 Å². The molecule has 0 bridgehead atoms. The zero-order chi connectivity index (χ0) is 28.6. The van der Waals surface area contributed by atoms with E-state index in [-0.39, 0.29) is 30.0 Å². The molecule has 2 aromatic heterocycles. The molecule has 2 atom stereocenters. The number of methoxy groups -OCH3 is 1. The number of nitrogens with zero attached hydrogens (tertiary/aromatic N) is 5. The number of ether oxygens (including phenoxy) is 3. The number of nitrogens with two attached hydrogens (primary N) is 1. The molecule has 1 unspecified atom stereocenters. The maximum absolute atomic E-state index is 13.0. The Bertz CT molecular complexity index is 1120. The number of nitrogens with one attached hydrogen (secondary N) is 1. The van der Waals surface area contributed by atoms with Crippen molar-refractivity contribution in [2.75, 3.05) is 59.0 Å². The van der Waals surface area contributed by atoms with Crippen molar-refractivity contribution in [2.45, 2.75) is 63.3 Å². The summed E-state index contributed by atoms with van der Waals surface area (Å²) >= 11 is 0. The first kappa shape index (κ1) is 29.9. The molecule has 0 aromatic carbocycles. The molecule has 1 amide bonds. The Morgan fingerprint density at radius 1 is 1.20 bits per heavy atom. The number of hydrogen-bond acceptors (Lipinski definition) is 11. The number of rotatable bonds is 13. The van der Waals surface area contributed by atoms with Crippen molar-refractivity contribution in [3.05, 3.63) is 35.3 Å². The number of aliphatic hydroxyl groups excluding tert-OH is 1. The maximum Gasteiger partial charge on any atom is 0.319 e. The molecule has 12 heteroatoms. The Kier molecular flexibility index (Phi) is 10.5. The summed E-state index contributed by atoms with van der Waals surface area (Å²) in [7, 11) is 5.60. The van der Waals surface area contributed by atoms with Gasteiger partial charge in [0.2, 0.25) is 0 Å². The summed E-state index contributed by atoms with van der Waals surface area (Å²) in [6.07, 6.45) is 3.25. The first-order chi connectivity index (χ1) is 19.2. The Hall–Kier alpha value is -3.06. The zero-order valence-electron chi connectivity index (χ0n) is 24.0. The molecule has 12 nitrogen and oxygen atoms in total. The van der Waals surface area contributed by atoms with Crippen LogP contribution in [0.5, 0.6) is 11.8 Å². The van der Waals surface area contributed by atoms with Gasteiger partial charge in [0, 0.05) is 44.8 Å². The topological polar surface area (TPSA) is 148 Å². The summed E-state index contributed by atoms with van der Waals surface area (Å²) in [4.78, 5) is 30.9. The van der Waals surface area contributed by atoms with Gasteiger partial charge in [-0.2, -0.15) is 9.97 Å². The van der Waals surface area contributed by atoms with Crippen LogP contribution in [0.15, 0.2) is 18.2 Å². The lowest BCUT2D eigenvalue weighted by Crippen LogP contribution is -2.40. The van der Waals surface area contributed by atoms with Gasteiger partial charge in [-0.3, -0.25) is 4.79 Å². The van der Waals surface area contributed by atoms with Gasteiger partial charge in [-0.25, -0.2) is 4.98 Å². The van der Waals surface area contributed by atoms with Gasteiger partial charge in [-0.1, -0.05) is 0 Å². The fourth-order valence-electron chi connectivity index (χ4n) is 4.78. The summed E-state index contributed by atoms with van der Waals surface area (Å²) in [6, 6.07) is 5.64. The largest absolute Gasteiger partial charge is 0.490 e. The number of anilines is 1. The Morgan fingerprint density at radius 3 is 2.58 bits per heavy atom. The highest BCUT2D eigenvalue weighted by Crippen LogP contribution is 2.35. The van der Waals surface area contributed by atoms with Crippen LogP contribution < -0.4 is 25.4 Å². The van der Waals surface area contributed by atoms with Crippen LogP contribution in [-0.2, 0) is 4.74 Å². The number of pyridine rings is 1. The monoisotopic (exact) mass is 557 g/mol. The minimum Gasteiger partial charge on any atom is -0.490 e. The molecule has 2 aromatic rings. The molecule has 0 spiro atoms. The quantitative estimate of drug-likeness (QED) is 0.310. The van der Waals surface area contributed by atoms with Crippen molar-refractivity contribution in [2.24, 2.45) is 5.73 Å². The van der Waals surface area contributed by atoms with Crippen LogP contribution in [0, 0.1) is 0 Å². The number of aromatic nitrogens is 3. The second kappa shape index (κ2) is 14.0. The fraction of sp³-hybridized carbons (Fsp3) is 0.643.